The summed E-state index contributed by atoms with van der Waals surface area (Å²) in [6.45, 7) is 4.27. The molecule has 1 aliphatic rings. The van der Waals surface area contributed by atoms with Crippen molar-refractivity contribution < 1.29 is 5.21 Å². The van der Waals surface area contributed by atoms with Gasteiger partial charge in [0.25, 0.3) is 0 Å². The molecule has 1 saturated heterocycles. The molecule has 1 fully saturated rings. The van der Waals surface area contributed by atoms with Crippen LogP contribution in [0, 0.1) is 5.41 Å². The fourth-order valence-electron chi connectivity index (χ4n) is 3.32. The second-order valence-electron chi connectivity index (χ2n) is 6.45. The van der Waals surface area contributed by atoms with Crippen molar-refractivity contribution in [2.75, 3.05) is 0 Å². The zero-order valence-corrected chi connectivity index (χ0v) is 13.0. The first-order valence-corrected chi connectivity index (χ1v) is 7.70. The Labute approximate surface area is 131 Å². The van der Waals surface area contributed by atoms with Gasteiger partial charge >= 0.3 is 0 Å². The highest BCUT2D eigenvalue weighted by Gasteiger charge is 2.42. The minimum atomic E-state index is -0.235. The molecule has 22 heavy (non-hydrogen) atoms. The van der Waals surface area contributed by atoms with Crippen molar-refractivity contribution in [3.63, 3.8) is 0 Å². The third-order valence-electron chi connectivity index (χ3n) is 4.69. The lowest BCUT2D eigenvalue weighted by Crippen LogP contribution is -2.47. The summed E-state index contributed by atoms with van der Waals surface area (Å²) in [5.41, 5.74) is 3.05. The van der Waals surface area contributed by atoms with Crippen LogP contribution in [0.1, 0.15) is 43.5 Å². The topological polar surface area (TPSA) is 44.6 Å². The maximum Gasteiger partial charge on any atom is 0.0664 e. The lowest BCUT2D eigenvalue weighted by atomic mass is 9.70. The molecular formula is C19H22N2O. The first-order valence-electron chi connectivity index (χ1n) is 7.70. The Balaban J connectivity index is 1.99. The molecule has 0 aromatic heterocycles. The van der Waals surface area contributed by atoms with Crippen LogP contribution in [0.25, 0.3) is 0 Å². The van der Waals surface area contributed by atoms with Crippen LogP contribution in [0.15, 0.2) is 65.8 Å². The van der Waals surface area contributed by atoms with Crippen LogP contribution < -0.4 is 5.32 Å². The van der Waals surface area contributed by atoms with E-state index < -0.39 is 0 Å². The molecule has 0 saturated carbocycles. The fourth-order valence-corrected chi connectivity index (χ4v) is 3.32. The fraction of sp³-hybridized carbons (Fsp3) is 0.316. The molecule has 114 valence electrons. The van der Waals surface area contributed by atoms with Gasteiger partial charge in [0.15, 0.2) is 0 Å². The van der Waals surface area contributed by atoms with E-state index in [1.54, 1.807) is 0 Å². The first-order chi connectivity index (χ1) is 10.6. The summed E-state index contributed by atoms with van der Waals surface area (Å²) in [5.74, 6) is 0. The van der Waals surface area contributed by atoms with Crippen LogP contribution in [-0.2, 0) is 0 Å². The molecule has 0 spiro atoms. The Bertz CT molecular complexity index is 650. The van der Waals surface area contributed by atoms with Gasteiger partial charge in [-0.3, -0.25) is 0 Å². The quantitative estimate of drug-likeness (QED) is 0.640. The van der Waals surface area contributed by atoms with Gasteiger partial charge in [0.2, 0.25) is 0 Å². The van der Waals surface area contributed by atoms with Gasteiger partial charge in [-0.25, -0.2) is 0 Å². The van der Waals surface area contributed by atoms with E-state index in [1.165, 1.54) is 11.1 Å². The molecule has 3 nitrogen and oxygen atoms in total. The molecule has 0 aliphatic carbocycles. The minimum absolute atomic E-state index is 0.110. The molecule has 2 N–H and O–H groups in total. The van der Waals surface area contributed by atoms with E-state index in [2.05, 4.69) is 60.7 Å². The van der Waals surface area contributed by atoms with Crippen molar-refractivity contribution in [3.8, 4) is 0 Å². The zero-order valence-electron chi connectivity index (χ0n) is 13.0. The Hall–Kier alpha value is -2.13. The van der Waals surface area contributed by atoms with Gasteiger partial charge in [-0.1, -0.05) is 79.7 Å². The number of hydrogen-bond acceptors (Lipinski definition) is 3. The molecule has 2 aromatic rings. The SMILES string of the molecule is CC1(C)C(=NO)CC(c2ccccc2)NC1c1ccccc1. The van der Waals surface area contributed by atoms with Gasteiger partial charge < -0.3 is 10.5 Å². The van der Waals surface area contributed by atoms with Crippen LogP contribution in [0.2, 0.25) is 0 Å². The van der Waals surface area contributed by atoms with E-state index in [-0.39, 0.29) is 17.5 Å². The standard InChI is InChI=1S/C19H22N2O/c1-19(2)17(21-22)13-16(14-9-5-3-6-10-14)20-18(19)15-11-7-4-8-12-15/h3-12,16,18,20,22H,13H2,1-2H3. The summed E-state index contributed by atoms with van der Waals surface area (Å²) < 4.78 is 0. The third-order valence-corrected chi connectivity index (χ3v) is 4.69. The van der Waals surface area contributed by atoms with Gasteiger partial charge in [-0.2, -0.15) is 0 Å². The van der Waals surface area contributed by atoms with Crippen molar-refractivity contribution in [2.45, 2.75) is 32.4 Å². The molecular weight excluding hydrogens is 272 g/mol. The van der Waals surface area contributed by atoms with Crippen molar-refractivity contribution in [1.29, 1.82) is 0 Å². The number of piperidine rings is 1. The lowest BCUT2D eigenvalue weighted by molar-refractivity contribution is 0.245. The molecule has 3 rings (SSSR count). The van der Waals surface area contributed by atoms with Gasteiger partial charge in [0.05, 0.1) is 5.71 Å². The predicted molar refractivity (Wildman–Crippen MR) is 89.1 cm³/mol. The number of oxime groups is 1. The van der Waals surface area contributed by atoms with Gasteiger partial charge in [0, 0.05) is 23.9 Å². The largest absolute Gasteiger partial charge is 0.411 e. The second-order valence-corrected chi connectivity index (χ2v) is 6.45. The molecule has 3 heteroatoms. The summed E-state index contributed by atoms with van der Waals surface area (Å²) in [6.07, 6.45) is 0.719. The molecule has 1 aliphatic heterocycles. The maximum absolute atomic E-state index is 9.52. The summed E-state index contributed by atoms with van der Waals surface area (Å²) in [4.78, 5) is 0. The maximum atomic E-state index is 9.52. The summed E-state index contributed by atoms with van der Waals surface area (Å²) >= 11 is 0. The van der Waals surface area contributed by atoms with Crippen molar-refractivity contribution in [1.82, 2.24) is 5.32 Å². The van der Waals surface area contributed by atoms with Crippen LogP contribution in [0.5, 0.6) is 0 Å². The van der Waals surface area contributed by atoms with Gasteiger partial charge in [0.1, 0.15) is 0 Å². The number of rotatable bonds is 2. The number of nitrogens with zero attached hydrogens (tertiary/aromatic N) is 1. The number of nitrogens with one attached hydrogen (secondary N) is 1. The molecule has 2 atom stereocenters. The third kappa shape index (κ3) is 2.64. The summed E-state index contributed by atoms with van der Waals surface area (Å²) in [5, 5.41) is 16.9. The van der Waals surface area contributed by atoms with Crippen LogP contribution in [0.3, 0.4) is 0 Å². The van der Waals surface area contributed by atoms with E-state index >= 15 is 0 Å². The number of hydrogen-bond donors (Lipinski definition) is 2. The Kier molecular flexibility index (Phi) is 3.99. The smallest absolute Gasteiger partial charge is 0.0664 e. The highest BCUT2D eigenvalue weighted by Crippen LogP contribution is 2.43. The highest BCUT2D eigenvalue weighted by molar-refractivity contribution is 5.91. The van der Waals surface area contributed by atoms with Crippen LogP contribution >= 0.6 is 0 Å². The van der Waals surface area contributed by atoms with Crippen LogP contribution in [-0.4, -0.2) is 10.9 Å². The Morgan fingerprint density at radius 2 is 1.50 bits per heavy atom. The van der Waals surface area contributed by atoms with Crippen LogP contribution in [0.4, 0.5) is 0 Å². The average molecular weight is 294 g/mol. The minimum Gasteiger partial charge on any atom is -0.411 e. The summed E-state index contributed by atoms with van der Waals surface area (Å²) in [7, 11) is 0. The molecule has 1 heterocycles. The van der Waals surface area contributed by atoms with E-state index in [0.29, 0.717) is 0 Å². The summed E-state index contributed by atoms with van der Waals surface area (Å²) in [6, 6.07) is 21.0. The van der Waals surface area contributed by atoms with E-state index in [9.17, 15) is 5.21 Å². The second kappa shape index (κ2) is 5.93. The molecule has 0 radical (unpaired) electrons. The van der Waals surface area contributed by atoms with Gasteiger partial charge in [-0.15, -0.1) is 0 Å². The molecule has 2 aromatic carbocycles. The lowest BCUT2D eigenvalue weighted by Gasteiger charge is -2.44. The molecule has 2 unspecified atom stereocenters. The van der Waals surface area contributed by atoms with Gasteiger partial charge in [-0.05, 0) is 11.1 Å². The first kappa shape index (κ1) is 14.8. The van der Waals surface area contributed by atoms with E-state index in [0.717, 1.165) is 12.1 Å². The van der Waals surface area contributed by atoms with Crippen molar-refractivity contribution in [3.05, 3.63) is 71.8 Å². The monoisotopic (exact) mass is 294 g/mol. The molecule has 0 amide bonds. The predicted octanol–water partition coefficient (Wildman–Crippen LogP) is 4.32. The van der Waals surface area contributed by atoms with Crippen molar-refractivity contribution >= 4 is 5.71 Å². The Morgan fingerprint density at radius 3 is 2.05 bits per heavy atom. The Morgan fingerprint density at radius 1 is 0.955 bits per heavy atom. The molecule has 0 bridgehead atoms. The average Bonchev–Trinajstić information content (AvgIpc) is 2.56. The zero-order chi connectivity index (χ0) is 15.6. The van der Waals surface area contributed by atoms with E-state index in [1.807, 2.05) is 24.3 Å². The van der Waals surface area contributed by atoms with E-state index in [4.69, 9.17) is 0 Å². The normalized spacial score (nSPS) is 26.0. The number of benzene rings is 2. The van der Waals surface area contributed by atoms with Crippen molar-refractivity contribution in [2.24, 2.45) is 10.6 Å². The highest BCUT2D eigenvalue weighted by atomic mass is 16.4.